The Kier molecular flexibility index (Phi) is 4.92. The first-order chi connectivity index (χ1) is 9.51. The highest BCUT2D eigenvalue weighted by Gasteiger charge is 2.14. The highest BCUT2D eigenvalue weighted by atomic mass is 127. The molecule has 1 amide bonds. The molecular formula is C13H10BrFIN3O. The normalized spacial score (nSPS) is 10.2. The first-order valence-corrected chi connectivity index (χ1v) is 7.48. The molecular weight excluding hydrogens is 440 g/mol. The zero-order chi connectivity index (χ0) is 14.7. The van der Waals surface area contributed by atoms with Gasteiger partial charge in [0.2, 0.25) is 0 Å². The number of rotatable bonds is 3. The van der Waals surface area contributed by atoms with Crippen molar-refractivity contribution in [3.63, 3.8) is 0 Å². The van der Waals surface area contributed by atoms with E-state index in [1.165, 1.54) is 18.2 Å². The molecule has 0 aliphatic rings. The number of benzene rings is 1. The second-order valence-electron chi connectivity index (χ2n) is 3.88. The molecule has 0 unspecified atom stereocenters. The van der Waals surface area contributed by atoms with E-state index in [1.807, 2.05) is 22.6 Å². The highest BCUT2D eigenvalue weighted by molar-refractivity contribution is 14.1. The van der Waals surface area contributed by atoms with Crippen LogP contribution in [-0.4, -0.2) is 17.9 Å². The summed E-state index contributed by atoms with van der Waals surface area (Å²) in [5.41, 5.74) is 0.959. The van der Waals surface area contributed by atoms with Crippen LogP contribution in [0.25, 0.3) is 0 Å². The summed E-state index contributed by atoms with van der Waals surface area (Å²) >= 11 is 5.25. The van der Waals surface area contributed by atoms with Crippen LogP contribution in [0.15, 0.2) is 34.9 Å². The third kappa shape index (κ3) is 3.45. The largest absolute Gasteiger partial charge is 0.372 e. The quantitative estimate of drug-likeness (QED) is 0.699. The van der Waals surface area contributed by atoms with E-state index >= 15 is 0 Å². The van der Waals surface area contributed by atoms with Crippen LogP contribution in [0.5, 0.6) is 0 Å². The number of carbonyl (C=O) groups excluding carboxylic acids is 1. The Bertz CT molecular complexity index is 666. The maximum atomic E-state index is 13.0. The second-order valence-corrected chi connectivity index (χ2v) is 5.96. The number of aromatic nitrogens is 1. The summed E-state index contributed by atoms with van der Waals surface area (Å²) in [6.07, 6.45) is 1.60. The van der Waals surface area contributed by atoms with Gasteiger partial charge < -0.3 is 10.6 Å². The zero-order valence-corrected chi connectivity index (χ0v) is 14.1. The molecule has 2 N–H and O–H groups in total. The van der Waals surface area contributed by atoms with Crippen molar-refractivity contribution in [3.8, 4) is 0 Å². The first kappa shape index (κ1) is 15.2. The third-order valence-corrected chi connectivity index (χ3v) is 3.84. The number of nitrogens with one attached hydrogen (secondary N) is 2. The van der Waals surface area contributed by atoms with Crippen molar-refractivity contribution in [1.82, 2.24) is 4.98 Å². The molecule has 0 aliphatic carbocycles. The molecule has 20 heavy (non-hydrogen) atoms. The SMILES string of the molecule is CNc1ncc(Br)cc1C(=O)Nc1ccc(F)cc1I. The molecule has 1 aromatic carbocycles. The molecule has 2 rings (SSSR count). The van der Waals surface area contributed by atoms with Crippen LogP contribution >= 0.6 is 38.5 Å². The van der Waals surface area contributed by atoms with Crippen molar-refractivity contribution in [2.75, 3.05) is 17.7 Å². The smallest absolute Gasteiger partial charge is 0.259 e. The van der Waals surface area contributed by atoms with E-state index in [0.717, 1.165) is 0 Å². The summed E-state index contributed by atoms with van der Waals surface area (Å²) in [5, 5.41) is 5.60. The second kappa shape index (κ2) is 6.49. The molecule has 0 radical (unpaired) electrons. The molecule has 1 aromatic heterocycles. The van der Waals surface area contributed by atoms with E-state index in [4.69, 9.17) is 0 Å². The van der Waals surface area contributed by atoms with Gasteiger partial charge in [-0.25, -0.2) is 9.37 Å². The molecule has 0 fully saturated rings. The van der Waals surface area contributed by atoms with Gasteiger partial charge in [0.15, 0.2) is 0 Å². The lowest BCUT2D eigenvalue weighted by Gasteiger charge is -2.10. The predicted molar refractivity (Wildman–Crippen MR) is 88.6 cm³/mol. The van der Waals surface area contributed by atoms with Crippen molar-refractivity contribution in [1.29, 1.82) is 0 Å². The Balaban J connectivity index is 2.30. The fourth-order valence-electron chi connectivity index (χ4n) is 1.59. The molecule has 0 aliphatic heterocycles. The lowest BCUT2D eigenvalue weighted by Crippen LogP contribution is -2.15. The molecule has 1 heterocycles. The number of pyridine rings is 1. The number of hydrogen-bond donors (Lipinski definition) is 2. The average molecular weight is 450 g/mol. The van der Waals surface area contributed by atoms with Crippen molar-refractivity contribution >= 4 is 55.9 Å². The topological polar surface area (TPSA) is 54.0 Å². The van der Waals surface area contributed by atoms with Crippen molar-refractivity contribution < 1.29 is 9.18 Å². The van der Waals surface area contributed by atoms with Crippen LogP contribution in [0.3, 0.4) is 0 Å². The summed E-state index contributed by atoms with van der Waals surface area (Å²) in [6, 6.07) is 5.86. The molecule has 0 saturated heterocycles. The fourth-order valence-corrected chi connectivity index (χ4v) is 2.54. The third-order valence-electron chi connectivity index (χ3n) is 2.52. The van der Waals surface area contributed by atoms with Crippen LogP contribution in [0.2, 0.25) is 0 Å². The number of halogens is 3. The highest BCUT2D eigenvalue weighted by Crippen LogP contribution is 2.22. The number of nitrogens with zero attached hydrogens (tertiary/aromatic N) is 1. The standard InChI is InChI=1S/C13H10BrFIN3O/c1-17-12-9(4-7(14)6-18-12)13(20)19-11-3-2-8(15)5-10(11)16/h2-6H,1H3,(H,17,18)(H,19,20). The Labute approximate surface area is 137 Å². The number of anilines is 2. The van der Waals surface area contributed by atoms with E-state index in [1.54, 1.807) is 19.3 Å². The van der Waals surface area contributed by atoms with Gasteiger partial charge in [0.25, 0.3) is 5.91 Å². The summed E-state index contributed by atoms with van der Waals surface area (Å²) in [5.74, 6) is -0.178. The minimum absolute atomic E-state index is 0.312. The van der Waals surface area contributed by atoms with Crippen LogP contribution < -0.4 is 10.6 Å². The van der Waals surface area contributed by atoms with Gasteiger partial charge in [-0.1, -0.05) is 0 Å². The number of amides is 1. The van der Waals surface area contributed by atoms with Gasteiger partial charge >= 0.3 is 0 Å². The molecule has 7 heteroatoms. The molecule has 0 spiro atoms. The summed E-state index contributed by atoms with van der Waals surface area (Å²) in [7, 11) is 1.69. The number of carbonyl (C=O) groups is 1. The Morgan fingerprint density at radius 2 is 2.15 bits per heavy atom. The van der Waals surface area contributed by atoms with E-state index in [2.05, 4.69) is 31.5 Å². The van der Waals surface area contributed by atoms with Gasteiger partial charge in [0.1, 0.15) is 11.6 Å². The Hall–Kier alpha value is -1.22. The van der Waals surface area contributed by atoms with Gasteiger partial charge in [0, 0.05) is 21.3 Å². The van der Waals surface area contributed by atoms with E-state index in [-0.39, 0.29) is 11.7 Å². The van der Waals surface area contributed by atoms with Gasteiger partial charge in [-0.3, -0.25) is 4.79 Å². The van der Waals surface area contributed by atoms with Crippen molar-refractivity contribution in [2.45, 2.75) is 0 Å². The molecule has 104 valence electrons. The summed E-state index contributed by atoms with van der Waals surface area (Å²) < 4.78 is 14.4. The van der Waals surface area contributed by atoms with Gasteiger partial charge in [-0.15, -0.1) is 0 Å². The molecule has 0 atom stereocenters. The van der Waals surface area contributed by atoms with Crippen LogP contribution in [0, 0.1) is 9.39 Å². The minimum Gasteiger partial charge on any atom is -0.372 e. The summed E-state index contributed by atoms with van der Waals surface area (Å²) in [4.78, 5) is 16.4. The lowest BCUT2D eigenvalue weighted by molar-refractivity contribution is 0.102. The molecule has 0 saturated carbocycles. The number of hydrogen-bond acceptors (Lipinski definition) is 3. The van der Waals surface area contributed by atoms with Crippen LogP contribution in [0.4, 0.5) is 15.9 Å². The van der Waals surface area contributed by atoms with Crippen molar-refractivity contribution in [2.24, 2.45) is 0 Å². The monoisotopic (exact) mass is 449 g/mol. The zero-order valence-electron chi connectivity index (χ0n) is 10.4. The predicted octanol–water partition coefficient (Wildman–Crippen LogP) is 3.88. The molecule has 2 aromatic rings. The fraction of sp³-hybridized carbons (Fsp3) is 0.0769. The van der Waals surface area contributed by atoms with Gasteiger partial charge in [-0.2, -0.15) is 0 Å². The van der Waals surface area contributed by atoms with Crippen LogP contribution in [0.1, 0.15) is 10.4 Å². The Morgan fingerprint density at radius 1 is 1.40 bits per heavy atom. The lowest BCUT2D eigenvalue weighted by atomic mass is 10.2. The van der Waals surface area contributed by atoms with E-state index in [9.17, 15) is 9.18 Å². The average Bonchev–Trinajstić information content (AvgIpc) is 2.41. The maximum Gasteiger partial charge on any atom is 0.259 e. The van der Waals surface area contributed by atoms with Crippen molar-refractivity contribution in [3.05, 3.63) is 49.9 Å². The molecule has 0 bridgehead atoms. The summed E-state index contributed by atoms with van der Waals surface area (Å²) in [6.45, 7) is 0. The van der Waals surface area contributed by atoms with E-state index in [0.29, 0.717) is 25.1 Å². The van der Waals surface area contributed by atoms with Crippen LogP contribution in [-0.2, 0) is 0 Å². The van der Waals surface area contributed by atoms with E-state index < -0.39 is 0 Å². The van der Waals surface area contributed by atoms with Gasteiger partial charge in [-0.05, 0) is 62.8 Å². The Morgan fingerprint density at radius 3 is 2.80 bits per heavy atom. The van der Waals surface area contributed by atoms with Gasteiger partial charge in [0.05, 0.1) is 11.3 Å². The minimum atomic E-state index is -0.340. The molecule has 4 nitrogen and oxygen atoms in total. The maximum absolute atomic E-state index is 13.0. The first-order valence-electron chi connectivity index (χ1n) is 5.61.